The van der Waals surface area contributed by atoms with E-state index in [9.17, 15) is 4.79 Å². The molecule has 0 fully saturated rings. The Morgan fingerprint density at radius 2 is 1.94 bits per heavy atom. The topological polar surface area (TPSA) is 32.3 Å². The van der Waals surface area contributed by atoms with Gasteiger partial charge < -0.3 is 5.43 Å². The van der Waals surface area contributed by atoms with Crippen molar-refractivity contribution in [3.63, 3.8) is 0 Å². The minimum absolute atomic E-state index is 0.500. The van der Waals surface area contributed by atoms with E-state index in [1.54, 1.807) is 0 Å². The summed E-state index contributed by atoms with van der Waals surface area (Å²) in [6.45, 7) is 5.78. The highest BCUT2D eigenvalue weighted by Gasteiger charge is 2.09. The molecule has 5 heteroatoms. The fourth-order valence-corrected chi connectivity index (χ4v) is 2.39. The monoisotopic (exact) mass is 280 g/mol. The van der Waals surface area contributed by atoms with Crippen LogP contribution >= 0.6 is 24.0 Å². The molecule has 0 heterocycles. The Morgan fingerprint density at radius 3 is 2.44 bits per heavy atom. The third-order valence-electron chi connectivity index (χ3n) is 2.34. The predicted octanol–water partition coefficient (Wildman–Crippen LogP) is 2.72. The number of rotatable bonds is 5. The van der Waals surface area contributed by atoms with Crippen molar-refractivity contribution < 1.29 is 4.79 Å². The number of benzene rings is 1. The summed E-state index contributed by atoms with van der Waals surface area (Å²) in [5, 5.41) is 1.97. The van der Waals surface area contributed by atoms with Crippen LogP contribution in [0, 0.1) is 0 Å². The highest BCUT2D eigenvalue weighted by molar-refractivity contribution is 8.29. The van der Waals surface area contributed by atoms with E-state index in [1.165, 1.54) is 11.8 Å². The van der Waals surface area contributed by atoms with Crippen LogP contribution in [-0.4, -0.2) is 28.4 Å². The van der Waals surface area contributed by atoms with E-state index in [1.807, 2.05) is 55.1 Å². The van der Waals surface area contributed by atoms with Crippen LogP contribution in [0.1, 0.15) is 19.4 Å². The Morgan fingerprint density at radius 1 is 1.33 bits per heavy atom. The van der Waals surface area contributed by atoms with E-state index in [0.29, 0.717) is 9.23 Å². The van der Waals surface area contributed by atoms with Crippen molar-refractivity contribution in [1.82, 2.24) is 10.4 Å². The molecule has 0 atom stereocenters. The Hall–Kier alpha value is -1.13. The zero-order valence-corrected chi connectivity index (χ0v) is 12.1. The van der Waals surface area contributed by atoms with Gasteiger partial charge in [-0.3, -0.25) is 0 Å². The summed E-state index contributed by atoms with van der Waals surface area (Å²) in [6.07, 6.45) is 0. The van der Waals surface area contributed by atoms with Gasteiger partial charge in [-0.25, -0.2) is 9.80 Å². The molecule has 18 heavy (non-hydrogen) atoms. The summed E-state index contributed by atoms with van der Waals surface area (Å²) in [5.74, 6) is 1.94. The summed E-state index contributed by atoms with van der Waals surface area (Å²) < 4.78 is 0.556. The van der Waals surface area contributed by atoms with Crippen LogP contribution in [0.25, 0.3) is 4.91 Å². The zero-order chi connectivity index (χ0) is 13.4. The fourth-order valence-electron chi connectivity index (χ4n) is 1.35. The van der Waals surface area contributed by atoms with Gasteiger partial charge >= 0.3 is 0 Å². The van der Waals surface area contributed by atoms with Gasteiger partial charge in [-0.05, 0) is 17.3 Å². The molecule has 1 N–H and O–H groups in total. The molecule has 0 aliphatic rings. The Kier molecular flexibility index (Phi) is 6.68. The van der Waals surface area contributed by atoms with Gasteiger partial charge in [0.15, 0.2) is 4.32 Å². The average Bonchev–Trinajstić information content (AvgIpc) is 2.43. The molecule has 0 amide bonds. The first-order valence-electron chi connectivity index (χ1n) is 5.75. The second-order valence-corrected chi connectivity index (χ2v) is 5.16. The second kappa shape index (κ2) is 8.06. The van der Waals surface area contributed by atoms with E-state index in [-0.39, 0.29) is 0 Å². The first-order valence-corrected chi connectivity index (χ1v) is 6.97. The maximum absolute atomic E-state index is 11.0. The normalized spacial score (nSPS) is 9.94. The second-order valence-electron chi connectivity index (χ2n) is 3.47. The zero-order valence-electron chi connectivity index (χ0n) is 10.5. The third kappa shape index (κ3) is 4.63. The average molecular weight is 280 g/mol. The lowest BCUT2D eigenvalue weighted by molar-refractivity contribution is 0.267. The number of nitrogens with one attached hydrogen (secondary N) is 1. The molecule has 0 aliphatic carbocycles. The first-order chi connectivity index (χ1) is 8.71. The first kappa shape index (κ1) is 14.9. The number of nitrogens with zero attached hydrogens (tertiary/aromatic N) is 1. The van der Waals surface area contributed by atoms with E-state index >= 15 is 0 Å². The van der Waals surface area contributed by atoms with Crippen LogP contribution in [0.2, 0.25) is 0 Å². The molecule has 0 saturated carbocycles. The van der Waals surface area contributed by atoms with Crippen LogP contribution in [0.5, 0.6) is 0 Å². The lowest BCUT2D eigenvalue weighted by Crippen LogP contribution is -2.39. The Bertz CT molecular complexity index is 438. The lowest BCUT2D eigenvalue weighted by atomic mass is 10.2. The van der Waals surface area contributed by atoms with Crippen LogP contribution in [0.4, 0.5) is 0 Å². The van der Waals surface area contributed by atoms with Crippen molar-refractivity contribution in [2.75, 3.05) is 13.1 Å². The number of hydrogen-bond acceptors (Lipinski definition) is 4. The van der Waals surface area contributed by atoms with Gasteiger partial charge in [-0.15, -0.1) is 0 Å². The predicted molar refractivity (Wildman–Crippen MR) is 81.8 cm³/mol. The van der Waals surface area contributed by atoms with Gasteiger partial charge in [0, 0.05) is 13.1 Å². The van der Waals surface area contributed by atoms with Crippen molar-refractivity contribution in [1.29, 1.82) is 0 Å². The fraction of sp³-hybridized carbons (Fsp3) is 0.308. The molecule has 1 rings (SSSR count). The standard InChI is InChI=1S/C13H16N2OS2/c1-3-15(4-2)14-13(17)18-12(10-16)11-8-6-5-7-9-11/h5-9H,3-4H2,1-2H3,(H,14,17). The molecule has 0 unspecified atom stereocenters. The minimum Gasteiger partial charge on any atom is -0.304 e. The number of hydrogen-bond donors (Lipinski definition) is 1. The van der Waals surface area contributed by atoms with Gasteiger partial charge in [-0.2, -0.15) is 0 Å². The number of hydrazine groups is 1. The molecule has 0 radical (unpaired) electrons. The van der Waals surface area contributed by atoms with E-state index < -0.39 is 0 Å². The molecule has 96 valence electrons. The summed E-state index contributed by atoms with van der Waals surface area (Å²) in [7, 11) is 0. The van der Waals surface area contributed by atoms with Gasteiger partial charge in [0.05, 0.1) is 0 Å². The van der Waals surface area contributed by atoms with Crippen LogP contribution in [0.3, 0.4) is 0 Å². The van der Waals surface area contributed by atoms with Crippen LogP contribution in [-0.2, 0) is 4.79 Å². The van der Waals surface area contributed by atoms with Crippen molar-refractivity contribution in [2.24, 2.45) is 0 Å². The number of thioether (sulfide) groups is 1. The molecule has 0 aliphatic heterocycles. The Balaban J connectivity index is 2.66. The van der Waals surface area contributed by atoms with Crippen LogP contribution < -0.4 is 5.43 Å². The third-order valence-corrected chi connectivity index (χ3v) is 3.48. The molecule has 1 aromatic rings. The van der Waals surface area contributed by atoms with E-state index in [2.05, 4.69) is 5.43 Å². The largest absolute Gasteiger partial charge is 0.304 e. The number of carbonyl (C=O) groups excluding carboxylic acids is 1. The van der Waals surface area contributed by atoms with E-state index in [0.717, 1.165) is 18.7 Å². The Labute approximate surface area is 117 Å². The summed E-state index contributed by atoms with van der Waals surface area (Å²) in [5.41, 5.74) is 3.91. The van der Waals surface area contributed by atoms with Crippen LogP contribution in [0.15, 0.2) is 30.3 Å². The molecule has 0 saturated heterocycles. The molecule has 0 bridgehead atoms. The van der Waals surface area contributed by atoms with Crippen molar-refractivity contribution in [3.8, 4) is 0 Å². The van der Waals surface area contributed by atoms with Crippen molar-refractivity contribution >= 4 is 39.1 Å². The SMILES string of the molecule is CCN(CC)NC(=S)SC(=C=O)c1ccccc1. The van der Waals surface area contributed by atoms with Gasteiger partial charge in [0.1, 0.15) is 10.8 Å². The van der Waals surface area contributed by atoms with Gasteiger partial charge in [-0.1, -0.05) is 56.4 Å². The minimum atomic E-state index is 0.500. The number of thiocarbonyl (C=S) groups is 1. The maximum atomic E-state index is 11.0. The van der Waals surface area contributed by atoms with E-state index in [4.69, 9.17) is 12.2 Å². The highest BCUT2D eigenvalue weighted by atomic mass is 32.2. The highest BCUT2D eigenvalue weighted by Crippen LogP contribution is 2.25. The molecule has 0 aromatic heterocycles. The smallest absolute Gasteiger partial charge is 0.153 e. The molecule has 1 aromatic carbocycles. The molecule has 3 nitrogen and oxygen atoms in total. The summed E-state index contributed by atoms with van der Waals surface area (Å²) in [4.78, 5) is 11.5. The maximum Gasteiger partial charge on any atom is 0.153 e. The summed E-state index contributed by atoms with van der Waals surface area (Å²) in [6, 6.07) is 9.41. The lowest BCUT2D eigenvalue weighted by Gasteiger charge is -2.20. The molecular formula is C13H16N2OS2. The van der Waals surface area contributed by atoms with Crippen molar-refractivity contribution in [3.05, 3.63) is 35.9 Å². The quantitative estimate of drug-likeness (QED) is 0.509. The van der Waals surface area contributed by atoms with Gasteiger partial charge in [0.25, 0.3) is 0 Å². The summed E-state index contributed by atoms with van der Waals surface area (Å²) >= 11 is 6.44. The van der Waals surface area contributed by atoms with Crippen molar-refractivity contribution in [2.45, 2.75) is 13.8 Å². The molecule has 0 spiro atoms. The van der Waals surface area contributed by atoms with Gasteiger partial charge in [0.2, 0.25) is 0 Å². The molecular weight excluding hydrogens is 264 g/mol.